The molecule has 1 atom stereocenters. The highest BCUT2D eigenvalue weighted by atomic mass is 32.2. The first-order valence-corrected chi connectivity index (χ1v) is 8.97. The van der Waals surface area contributed by atoms with Gasteiger partial charge in [0.2, 0.25) is 0 Å². The van der Waals surface area contributed by atoms with Gasteiger partial charge in [0, 0.05) is 11.5 Å². The van der Waals surface area contributed by atoms with Crippen molar-refractivity contribution in [3.8, 4) is 0 Å². The van der Waals surface area contributed by atoms with Crippen LogP contribution in [0.3, 0.4) is 0 Å². The van der Waals surface area contributed by atoms with E-state index < -0.39 is 9.84 Å². The Bertz CT molecular complexity index is 587. The topological polar surface area (TPSA) is 51.2 Å². The number of carbonyl (C=O) groups excluding carboxylic acids is 1. The van der Waals surface area contributed by atoms with Crippen LogP contribution in [0.25, 0.3) is 0 Å². The van der Waals surface area contributed by atoms with E-state index in [2.05, 4.69) is 0 Å². The summed E-state index contributed by atoms with van der Waals surface area (Å²) in [6.07, 6.45) is 3.11. The van der Waals surface area contributed by atoms with E-state index in [1.165, 1.54) is 0 Å². The van der Waals surface area contributed by atoms with Crippen molar-refractivity contribution in [3.63, 3.8) is 0 Å². The molecule has 0 saturated carbocycles. The maximum absolute atomic E-state index is 12.5. The zero-order valence-corrected chi connectivity index (χ0v) is 12.9. The second-order valence-corrected chi connectivity index (χ2v) is 8.49. The molecule has 1 aromatic rings. The first-order chi connectivity index (χ1) is 9.42. The second kappa shape index (κ2) is 6.08. The Balaban J connectivity index is 2.13. The van der Waals surface area contributed by atoms with E-state index in [1.807, 2.05) is 24.3 Å². The maximum Gasteiger partial charge on any atom is 0.166 e. The minimum absolute atomic E-state index is 0.114. The summed E-state index contributed by atoms with van der Waals surface area (Å²) in [6, 6.07) is 7.70. The molecule has 0 radical (unpaired) electrons. The van der Waals surface area contributed by atoms with Gasteiger partial charge in [-0.3, -0.25) is 4.79 Å². The van der Waals surface area contributed by atoms with Crippen LogP contribution in [0.1, 0.15) is 49.0 Å². The lowest BCUT2D eigenvalue weighted by atomic mass is 9.93. The van der Waals surface area contributed by atoms with Crippen LogP contribution in [0.5, 0.6) is 0 Å². The van der Waals surface area contributed by atoms with Crippen molar-refractivity contribution in [2.24, 2.45) is 5.92 Å². The van der Waals surface area contributed by atoms with E-state index in [9.17, 15) is 13.2 Å². The van der Waals surface area contributed by atoms with E-state index in [1.54, 1.807) is 13.8 Å². The molecule has 110 valence electrons. The summed E-state index contributed by atoms with van der Waals surface area (Å²) >= 11 is 0. The third-order valence-electron chi connectivity index (χ3n) is 4.12. The average molecular weight is 294 g/mol. The fourth-order valence-electron chi connectivity index (χ4n) is 2.69. The van der Waals surface area contributed by atoms with E-state index in [4.69, 9.17) is 0 Å². The largest absolute Gasteiger partial charge is 0.294 e. The molecular formula is C16H22O3S. The molecule has 1 aliphatic carbocycles. The van der Waals surface area contributed by atoms with Gasteiger partial charge in [-0.15, -0.1) is 0 Å². The molecule has 0 amide bonds. The Labute approximate surface area is 121 Å². The number of hydrogen-bond acceptors (Lipinski definition) is 3. The second-order valence-electron chi connectivity index (χ2n) is 5.81. The Morgan fingerprint density at radius 1 is 1.25 bits per heavy atom. The van der Waals surface area contributed by atoms with Gasteiger partial charge in [-0.25, -0.2) is 8.42 Å². The third-order valence-corrected chi connectivity index (χ3v) is 6.36. The molecule has 0 saturated heterocycles. The quantitative estimate of drug-likeness (QED) is 0.802. The van der Waals surface area contributed by atoms with Gasteiger partial charge in [0.15, 0.2) is 15.6 Å². The Morgan fingerprint density at radius 3 is 2.65 bits per heavy atom. The van der Waals surface area contributed by atoms with Gasteiger partial charge in [0.05, 0.1) is 11.0 Å². The van der Waals surface area contributed by atoms with Crippen molar-refractivity contribution in [1.82, 2.24) is 0 Å². The molecule has 0 fully saturated rings. The lowest BCUT2D eigenvalue weighted by molar-refractivity contribution is 0.0913. The Hall–Kier alpha value is -1.16. The van der Waals surface area contributed by atoms with Crippen LogP contribution in [0.2, 0.25) is 0 Å². The van der Waals surface area contributed by atoms with Crippen LogP contribution >= 0.6 is 0 Å². The van der Waals surface area contributed by atoms with Gasteiger partial charge in [-0.05, 0) is 45.1 Å². The minimum Gasteiger partial charge on any atom is -0.294 e. The van der Waals surface area contributed by atoms with Crippen molar-refractivity contribution < 1.29 is 13.2 Å². The van der Waals surface area contributed by atoms with Crippen LogP contribution in [0, 0.1) is 5.92 Å². The van der Waals surface area contributed by atoms with Crippen LogP contribution in [-0.4, -0.2) is 25.2 Å². The maximum atomic E-state index is 12.5. The highest BCUT2D eigenvalue weighted by molar-refractivity contribution is 7.91. The minimum atomic E-state index is -3.06. The van der Waals surface area contributed by atoms with Gasteiger partial charge in [0.25, 0.3) is 0 Å². The highest BCUT2D eigenvalue weighted by Gasteiger charge is 2.27. The molecule has 0 spiro atoms. The van der Waals surface area contributed by atoms with E-state index in [0.717, 1.165) is 30.4 Å². The van der Waals surface area contributed by atoms with Crippen LogP contribution in [0.15, 0.2) is 24.3 Å². The van der Waals surface area contributed by atoms with Crippen molar-refractivity contribution in [1.29, 1.82) is 0 Å². The Morgan fingerprint density at radius 2 is 1.95 bits per heavy atom. The lowest BCUT2D eigenvalue weighted by Gasteiger charge is -2.15. The summed E-state index contributed by atoms with van der Waals surface area (Å²) in [4.78, 5) is 12.5. The molecule has 1 unspecified atom stereocenters. The molecule has 4 heteroatoms. The molecule has 0 bridgehead atoms. The monoisotopic (exact) mass is 294 g/mol. The summed E-state index contributed by atoms with van der Waals surface area (Å²) < 4.78 is 23.8. The normalized spacial score (nSPS) is 19.8. The first-order valence-electron chi connectivity index (χ1n) is 7.25. The van der Waals surface area contributed by atoms with Crippen molar-refractivity contribution in [2.45, 2.75) is 44.8 Å². The number of rotatable bonds is 4. The smallest absolute Gasteiger partial charge is 0.166 e. The van der Waals surface area contributed by atoms with Gasteiger partial charge in [-0.2, -0.15) is 0 Å². The predicted octanol–water partition coefficient (Wildman–Crippen LogP) is 3.04. The predicted molar refractivity (Wildman–Crippen MR) is 80.7 cm³/mol. The SMILES string of the molecule is CC(C)S(=O)(=O)CCC1CCCc2ccccc2C1=O. The average Bonchev–Trinajstić information content (AvgIpc) is 2.57. The first kappa shape index (κ1) is 15.2. The third kappa shape index (κ3) is 3.29. The van der Waals surface area contributed by atoms with E-state index in [-0.39, 0.29) is 22.7 Å². The van der Waals surface area contributed by atoms with Crippen LogP contribution in [0.4, 0.5) is 0 Å². The summed E-state index contributed by atoms with van der Waals surface area (Å²) in [5, 5.41) is -0.365. The molecule has 0 N–H and O–H groups in total. The standard InChI is InChI=1S/C16H22O3S/c1-12(2)20(18,19)11-10-14-8-5-7-13-6-3-4-9-15(13)16(14)17/h3-4,6,9,12,14H,5,7-8,10-11H2,1-2H3. The molecule has 3 nitrogen and oxygen atoms in total. The molecule has 20 heavy (non-hydrogen) atoms. The number of carbonyl (C=O) groups is 1. The highest BCUT2D eigenvalue weighted by Crippen LogP contribution is 2.27. The number of fused-ring (bicyclic) bond motifs is 1. The number of sulfone groups is 1. The zero-order chi connectivity index (χ0) is 14.8. The van der Waals surface area contributed by atoms with Crippen molar-refractivity contribution in [3.05, 3.63) is 35.4 Å². The van der Waals surface area contributed by atoms with Crippen LogP contribution < -0.4 is 0 Å². The number of hydrogen-bond donors (Lipinski definition) is 0. The molecule has 1 aromatic carbocycles. The van der Waals surface area contributed by atoms with E-state index in [0.29, 0.717) is 6.42 Å². The van der Waals surface area contributed by atoms with Gasteiger partial charge < -0.3 is 0 Å². The summed E-state index contributed by atoms with van der Waals surface area (Å²) in [5.41, 5.74) is 1.89. The molecule has 2 rings (SSSR count). The fourth-order valence-corrected chi connectivity index (χ4v) is 3.77. The van der Waals surface area contributed by atoms with Gasteiger partial charge >= 0.3 is 0 Å². The molecule has 1 aliphatic rings. The van der Waals surface area contributed by atoms with Gasteiger partial charge in [-0.1, -0.05) is 24.3 Å². The van der Waals surface area contributed by atoms with Crippen molar-refractivity contribution >= 4 is 15.6 Å². The van der Waals surface area contributed by atoms with E-state index >= 15 is 0 Å². The number of aryl methyl sites for hydroxylation is 1. The summed E-state index contributed by atoms with van der Waals surface area (Å²) in [7, 11) is -3.06. The van der Waals surface area contributed by atoms with Crippen LogP contribution in [-0.2, 0) is 16.3 Å². The Kier molecular flexibility index (Phi) is 4.63. The molecule has 0 aromatic heterocycles. The molecule has 0 aliphatic heterocycles. The lowest BCUT2D eigenvalue weighted by Crippen LogP contribution is -2.23. The number of Topliss-reactive ketones (excluding diaryl/α,β-unsaturated/α-hetero) is 1. The van der Waals surface area contributed by atoms with Gasteiger partial charge in [0.1, 0.15) is 0 Å². The number of benzene rings is 1. The molecular weight excluding hydrogens is 272 g/mol. The zero-order valence-electron chi connectivity index (χ0n) is 12.1. The summed E-state index contributed by atoms with van der Waals surface area (Å²) in [5.74, 6) is 0.0905. The number of ketones is 1. The summed E-state index contributed by atoms with van der Waals surface area (Å²) in [6.45, 7) is 3.39. The molecule has 0 heterocycles. The fraction of sp³-hybridized carbons (Fsp3) is 0.562. The van der Waals surface area contributed by atoms with Crippen molar-refractivity contribution in [2.75, 3.05) is 5.75 Å².